The fourth-order valence-electron chi connectivity index (χ4n) is 4.36. The predicted molar refractivity (Wildman–Crippen MR) is 187 cm³/mol. The molecule has 0 unspecified atom stereocenters. The van der Waals surface area contributed by atoms with E-state index in [1.54, 1.807) is 60.7 Å². The Morgan fingerprint density at radius 1 is 0.820 bits per heavy atom. The van der Waals surface area contributed by atoms with Crippen LogP contribution in [0, 0.1) is 11.8 Å². The van der Waals surface area contributed by atoms with Crippen LogP contribution in [-0.2, 0) is 20.2 Å². The van der Waals surface area contributed by atoms with E-state index in [4.69, 9.17) is 18.9 Å². The van der Waals surface area contributed by atoms with Crippen molar-refractivity contribution in [2.24, 2.45) is 0 Å². The molecule has 0 bridgehead atoms. The standard InChI is InChI=1S/C36H34N6O7S/c1-36(2,3)25-15-17-26(18-16-25)50(44,45)42-34-32(49-29-13-6-5-12-28(29)46-4)30(24-27(40-34)33-38-20-11-21-39-33)47-22-9-10-23-48-35(43)41-31-14-7-8-19-37-31/h5-8,11-21,24H,22-23H2,1-4H3,(H,40,42)(H,37,41,43). The summed E-state index contributed by atoms with van der Waals surface area (Å²) >= 11 is 0. The maximum absolute atomic E-state index is 13.8. The number of ether oxygens (including phenoxy) is 4. The predicted octanol–water partition coefficient (Wildman–Crippen LogP) is 6.46. The van der Waals surface area contributed by atoms with E-state index in [0.717, 1.165) is 5.56 Å². The van der Waals surface area contributed by atoms with E-state index in [1.807, 2.05) is 20.8 Å². The smallest absolute Gasteiger partial charge is 0.413 e. The molecule has 0 fully saturated rings. The number of anilines is 2. The van der Waals surface area contributed by atoms with Crippen LogP contribution in [0.3, 0.4) is 0 Å². The zero-order valence-electron chi connectivity index (χ0n) is 27.7. The first kappa shape index (κ1) is 35.1. The fourth-order valence-corrected chi connectivity index (χ4v) is 5.36. The lowest BCUT2D eigenvalue weighted by Crippen LogP contribution is -2.17. The molecule has 3 heterocycles. The van der Waals surface area contributed by atoms with E-state index in [-0.39, 0.29) is 58.1 Å². The quantitative estimate of drug-likeness (QED) is 0.146. The monoisotopic (exact) mass is 694 g/mol. The SMILES string of the molecule is COc1ccccc1Oc1c(OCC#CCOC(=O)Nc2ccccn2)cc(-c2ncccn2)nc1NS(=O)(=O)c1ccc(C(C)(C)C)cc1. The van der Waals surface area contributed by atoms with Crippen LogP contribution in [0.5, 0.6) is 23.0 Å². The summed E-state index contributed by atoms with van der Waals surface area (Å²) in [5.41, 5.74) is 0.981. The second kappa shape index (κ2) is 15.8. The Labute approximate surface area is 290 Å². The van der Waals surface area contributed by atoms with Crippen molar-refractivity contribution in [1.29, 1.82) is 0 Å². The summed E-state index contributed by atoms with van der Waals surface area (Å²) in [6.07, 6.45) is 3.87. The molecule has 5 rings (SSSR count). The van der Waals surface area contributed by atoms with E-state index in [1.165, 1.54) is 43.9 Å². The summed E-state index contributed by atoms with van der Waals surface area (Å²) < 4.78 is 52.9. The van der Waals surface area contributed by atoms with E-state index in [2.05, 4.69) is 41.8 Å². The topological polar surface area (TPSA) is 164 Å². The van der Waals surface area contributed by atoms with Gasteiger partial charge < -0.3 is 18.9 Å². The zero-order chi connectivity index (χ0) is 35.6. The van der Waals surface area contributed by atoms with E-state index in [9.17, 15) is 13.2 Å². The van der Waals surface area contributed by atoms with Crippen molar-refractivity contribution in [3.8, 4) is 46.4 Å². The van der Waals surface area contributed by atoms with Gasteiger partial charge in [0, 0.05) is 24.7 Å². The zero-order valence-corrected chi connectivity index (χ0v) is 28.5. The highest BCUT2D eigenvalue weighted by Crippen LogP contribution is 2.43. The minimum Gasteiger partial charge on any atom is -0.493 e. The summed E-state index contributed by atoms with van der Waals surface area (Å²) in [5, 5.41) is 2.49. The minimum atomic E-state index is -4.19. The van der Waals surface area contributed by atoms with Crippen molar-refractivity contribution in [2.45, 2.75) is 31.1 Å². The molecule has 0 aliphatic heterocycles. The number of aromatic nitrogens is 4. The number of amides is 1. The van der Waals surface area contributed by atoms with E-state index >= 15 is 0 Å². The van der Waals surface area contributed by atoms with Gasteiger partial charge in [-0.15, -0.1) is 0 Å². The summed E-state index contributed by atoms with van der Waals surface area (Å²) in [5.74, 6) is 6.45. The van der Waals surface area contributed by atoms with Gasteiger partial charge in [0.05, 0.1) is 12.0 Å². The molecule has 14 heteroatoms. The summed E-state index contributed by atoms with van der Waals surface area (Å²) in [6.45, 7) is 5.68. The Hall–Kier alpha value is -6.20. The largest absolute Gasteiger partial charge is 0.493 e. The van der Waals surface area contributed by atoms with Gasteiger partial charge in [0.1, 0.15) is 18.1 Å². The van der Waals surface area contributed by atoms with Gasteiger partial charge in [-0.2, -0.15) is 0 Å². The van der Waals surface area contributed by atoms with Crippen molar-refractivity contribution >= 4 is 27.8 Å². The summed E-state index contributed by atoms with van der Waals surface area (Å²) in [6, 6.07) is 21.6. The lowest BCUT2D eigenvalue weighted by molar-refractivity contribution is 0.176. The molecule has 0 saturated carbocycles. The number of para-hydroxylation sites is 2. The maximum Gasteiger partial charge on any atom is 0.413 e. The molecule has 5 aromatic rings. The van der Waals surface area contributed by atoms with Crippen LogP contribution in [0.15, 0.2) is 102 Å². The molecule has 2 aromatic carbocycles. The summed E-state index contributed by atoms with van der Waals surface area (Å²) in [7, 11) is -2.71. The van der Waals surface area contributed by atoms with Gasteiger partial charge >= 0.3 is 6.09 Å². The number of rotatable bonds is 11. The highest BCUT2D eigenvalue weighted by atomic mass is 32.2. The van der Waals surface area contributed by atoms with Crippen molar-refractivity contribution < 1.29 is 32.2 Å². The van der Waals surface area contributed by atoms with E-state index < -0.39 is 16.1 Å². The van der Waals surface area contributed by atoms with Gasteiger partial charge in [-0.05, 0) is 53.4 Å². The lowest BCUT2D eigenvalue weighted by Gasteiger charge is -2.20. The van der Waals surface area contributed by atoms with Gasteiger partial charge in [0.15, 0.2) is 35.5 Å². The first-order valence-electron chi connectivity index (χ1n) is 15.2. The molecule has 13 nitrogen and oxygen atoms in total. The number of pyridine rings is 2. The normalized spacial score (nSPS) is 11.0. The third-order valence-corrected chi connectivity index (χ3v) is 8.23. The van der Waals surface area contributed by atoms with Crippen LogP contribution in [0.25, 0.3) is 11.5 Å². The maximum atomic E-state index is 13.8. The molecule has 0 saturated heterocycles. The van der Waals surface area contributed by atoms with Crippen molar-refractivity contribution in [1.82, 2.24) is 19.9 Å². The Morgan fingerprint density at radius 3 is 2.18 bits per heavy atom. The number of carbonyl (C=O) groups excluding carboxylic acids is 1. The lowest BCUT2D eigenvalue weighted by atomic mass is 9.87. The van der Waals surface area contributed by atoms with Crippen LogP contribution in [0.2, 0.25) is 0 Å². The number of carbonyl (C=O) groups is 1. The van der Waals surface area contributed by atoms with Crippen molar-refractivity contribution in [2.75, 3.05) is 30.4 Å². The molecule has 256 valence electrons. The van der Waals surface area contributed by atoms with Gasteiger partial charge in [-0.1, -0.05) is 62.9 Å². The summed E-state index contributed by atoms with van der Waals surface area (Å²) in [4.78, 5) is 29.2. The molecular formula is C36H34N6O7S. The van der Waals surface area contributed by atoms with Crippen molar-refractivity contribution in [3.63, 3.8) is 0 Å². The molecule has 3 aromatic heterocycles. The Balaban J connectivity index is 1.47. The van der Waals surface area contributed by atoms with Crippen LogP contribution >= 0.6 is 0 Å². The third kappa shape index (κ3) is 9.24. The van der Waals surface area contributed by atoms with Crippen LogP contribution in [-0.4, -0.2) is 54.8 Å². The molecule has 0 radical (unpaired) electrons. The minimum absolute atomic E-state index is 0.0114. The average molecular weight is 695 g/mol. The number of nitrogens with one attached hydrogen (secondary N) is 2. The van der Waals surface area contributed by atoms with E-state index in [0.29, 0.717) is 11.6 Å². The molecular weight excluding hydrogens is 660 g/mol. The second-order valence-corrected chi connectivity index (χ2v) is 13.1. The van der Waals surface area contributed by atoms with Gasteiger partial charge in [-0.25, -0.2) is 33.1 Å². The molecule has 0 aliphatic rings. The second-order valence-electron chi connectivity index (χ2n) is 11.4. The fraction of sp³-hybridized carbons (Fsp3) is 0.194. The third-order valence-electron chi connectivity index (χ3n) is 6.87. The molecule has 0 atom stereocenters. The first-order chi connectivity index (χ1) is 24.0. The number of methoxy groups -OCH3 is 1. The Morgan fingerprint density at radius 2 is 1.50 bits per heavy atom. The average Bonchev–Trinajstić information content (AvgIpc) is 3.11. The first-order valence-corrected chi connectivity index (χ1v) is 16.7. The number of benzene rings is 2. The van der Waals surface area contributed by atoms with Crippen molar-refractivity contribution in [3.05, 3.63) is 103 Å². The Bertz CT molecular complexity index is 2100. The number of sulfonamides is 1. The Kier molecular flexibility index (Phi) is 11.1. The molecule has 0 spiro atoms. The van der Waals surface area contributed by atoms with Gasteiger partial charge in [-0.3, -0.25) is 10.0 Å². The highest BCUT2D eigenvalue weighted by molar-refractivity contribution is 7.92. The van der Waals surface area contributed by atoms with Gasteiger partial charge in [0.2, 0.25) is 5.75 Å². The molecule has 0 aliphatic carbocycles. The van der Waals surface area contributed by atoms with Crippen LogP contribution in [0.1, 0.15) is 26.3 Å². The number of nitrogens with zero attached hydrogens (tertiary/aromatic N) is 4. The highest BCUT2D eigenvalue weighted by Gasteiger charge is 2.25. The number of hydrogen-bond donors (Lipinski definition) is 2. The van der Waals surface area contributed by atoms with Crippen LogP contribution < -0.4 is 24.2 Å². The number of hydrogen-bond acceptors (Lipinski definition) is 11. The molecule has 2 N–H and O–H groups in total. The van der Waals surface area contributed by atoms with Gasteiger partial charge in [0.25, 0.3) is 10.0 Å². The molecule has 1 amide bonds. The van der Waals surface area contributed by atoms with Crippen LogP contribution in [0.4, 0.5) is 16.4 Å². The molecule has 50 heavy (non-hydrogen) atoms.